The molecule has 3 aromatic heterocycles. The summed E-state index contributed by atoms with van der Waals surface area (Å²) in [6.07, 6.45) is 7.49. The summed E-state index contributed by atoms with van der Waals surface area (Å²) < 4.78 is 10.1. The standard InChI is InChI=1S/C36H34N4Se/c1-19-23(5)33(24(6)20(2)31(19)27-11-15-37-16-12-27)29-9-10-30(36-35(29)39-41-40-36)34-25(7)21(3)32(22(4)26(34)8)28-13-17-38-18-14-28/h9-18H,1-8H3. The van der Waals surface area contributed by atoms with Gasteiger partial charge in [-0.15, -0.1) is 0 Å². The van der Waals surface area contributed by atoms with E-state index < -0.39 is 0 Å². The van der Waals surface area contributed by atoms with Crippen molar-refractivity contribution in [2.75, 3.05) is 0 Å². The molecule has 0 fully saturated rings. The van der Waals surface area contributed by atoms with Crippen molar-refractivity contribution in [2.45, 2.75) is 55.4 Å². The van der Waals surface area contributed by atoms with Crippen molar-refractivity contribution in [3.63, 3.8) is 0 Å². The first-order valence-electron chi connectivity index (χ1n) is 14.0. The molecular weight excluding hydrogens is 567 g/mol. The van der Waals surface area contributed by atoms with Gasteiger partial charge in [-0.1, -0.05) is 0 Å². The molecule has 0 bridgehead atoms. The third kappa shape index (κ3) is 4.27. The minimum absolute atomic E-state index is 0.154. The Labute approximate surface area is 248 Å². The number of rotatable bonds is 4. The number of hydrogen-bond acceptors (Lipinski definition) is 4. The number of fused-ring (bicyclic) bond motifs is 1. The molecule has 5 heteroatoms. The van der Waals surface area contributed by atoms with E-state index in [1.807, 2.05) is 24.8 Å². The Morgan fingerprint density at radius 3 is 1.00 bits per heavy atom. The summed E-state index contributed by atoms with van der Waals surface area (Å²) in [7, 11) is 0. The van der Waals surface area contributed by atoms with Crippen LogP contribution < -0.4 is 0 Å². The summed E-state index contributed by atoms with van der Waals surface area (Å²) in [5, 5.41) is 0. The van der Waals surface area contributed by atoms with Gasteiger partial charge in [0.2, 0.25) is 0 Å². The normalized spacial score (nSPS) is 11.4. The first-order valence-corrected chi connectivity index (χ1v) is 15.5. The van der Waals surface area contributed by atoms with E-state index in [1.54, 1.807) is 0 Å². The SMILES string of the molecule is Cc1c(C)c(-c2ccc(-c3c(C)c(C)c(-c4ccncc4)c(C)c3C)c3n[se]nc23)c(C)c(C)c1-c1ccncc1. The van der Waals surface area contributed by atoms with Crippen LogP contribution in [0.4, 0.5) is 0 Å². The topological polar surface area (TPSA) is 51.6 Å². The molecule has 0 radical (unpaired) electrons. The predicted molar refractivity (Wildman–Crippen MR) is 172 cm³/mol. The summed E-state index contributed by atoms with van der Waals surface area (Å²) in [4.78, 5) is 8.46. The van der Waals surface area contributed by atoms with E-state index in [-0.39, 0.29) is 15.0 Å². The van der Waals surface area contributed by atoms with Gasteiger partial charge in [-0.25, -0.2) is 0 Å². The molecule has 3 heterocycles. The van der Waals surface area contributed by atoms with Gasteiger partial charge in [0.05, 0.1) is 0 Å². The van der Waals surface area contributed by atoms with Gasteiger partial charge in [-0.05, 0) is 0 Å². The number of hydrogen-bond donors (Lipinski definition) is 0. The molecule has 204 valence electrons. The minimum atomic E-state index is -0.154. The van der Waals surface area contributed by atoms with Gasteiger partial charge in [0, 0.05) is 0 Å². The van der Waals surface area contributed by atoms with Crippen molar-refractivity contribution in [3.8, 4) is 44.5 Å². The van der Waals surface area contributed by atoms with Gasteiger partial charge in [-0.2, -0.15) is 0 Å². The molecule has 4 nitrogen and oxygen atoms in total. The molecule has 6 rings (SSSR count). The van der Waals surface area contributed by atoms with Gasteiger partial charge in [-0.3, -0.25) is 0 Å². The van der Waals surface area contributed by atoms with E-state index in [2.05, 4.69) is 102 Å². The molecular formula is C36H34N4Se. The first kappa shape index (κ1) is 27.3. The van der Waals surface area contributed by atoms with E-state index in [0.717, 1.165) is 11.0 Å². The van der Waals surface area contributed by atoms with Crippen LogP contribution in [0.25, 0.3) is 55.5 Å². The van der Waals surface area contributed by atoms with Crippen LogP contribution in [-0.4, -0.2) is 32.9 Å². The fourth-order valence-corrected chi connectivity index (χ4v) is 7.81. The van der Waals surface area contributed by atoms with Crippen LogP contribution in [0.1, 0.15) is 44.5 Å². The van der Waals surface area contributed by atoms with Crippen molar-refractivity contribution in [3.05, 3.63) is 106 Å². The van der Waals surface area contributed by atoms with Crippen molar-refractivity contribution >= 4 is 26.0 Å². The quantitative estimate of drug-likeness (QED) is 0.190. The van der Waals surface area contributed by atoms with E-state index in [9.17, 15) is 0 Å². The molecule has 0 saturated carbocycles. The molecule has 0 aliphatic carbocycles. The van der Waals surface area contributed by atoms with Crippen LogP contribution in [0.3, 0.4) is 0 Å². The predicted octanol–water partition coefficient (Wildman–Crippen LogP) is 8.61. The second-order valence-electron chi connectivity index (χ2n) is 11.1. The Balaban J connectivity index is 1.57. The molecule has 6 aromatic rings. The average molecular weight is 602 g/mol. The fraction of sp³-hybridized carbons (Fsp3) is 0.222. The molecule has 3 aromatic carbocycles. The number of aromatic nitrogens is 4. The molecule has 41 heavy (non-hydrogen) atoms. The van der Waals surface area contributed by atoms with Crippen LogP contribution in [0, 0.1) is 55.4 Å². The fourth-order valence-electron chi connectivity index (χ4n) is 6.61. The Morgan fingerprint density at radius 1 is 0.390 bits per heavy atom. The Kier molecular flexibility index (Phi) is 6.97. The maximum atomic E-state index is 5.03. The molecule has 0 aliphatic heterocycles. The van der Waals surface area contributed by atoms with Crippen LogP contribution in [0.5, 0.6) is 0 Å². The van der Waals surface area contributed by atoms with E-state index in [4.69, 9.17) is 7.96 Å². The summed E-state index contributed by atoms with van der Waals surface area (Å²) in [5.74, 6) is 0. The van der Waals surface area contributed by atoms with Crippen molar-refractivity contribution < 1.29 is 0 Å². The molecule has 0 saturated heterocycles. The Bertz CT molecular complexity index is 1760. The Hall–Kier alpha value is -3.92. The van der Waals surface area contributed by atoms with Crippen molar-refractivity contribution in [1.82, 2.24) is 17.9 Å². The first-order chi connectivity index (χ1) is 19.7. The zero-order chi connectivity index (χ0) is 29.0. The molecule has 0 atom stereocenters. The summed E-state index contributed by atoms with van der Waals surface area (Å²) in [6, 6.07) is 13.0. The molecule has 0 amide bonds. The molecule has 0 unspecified atom stereocenters. The second-order valence-corrected chi connectivity index (χ2v) is 12.2. The average Bonchev–Trinajstić information content (AvgIpc) is 3.48. The Morgan fingerprint density at radius 2 is 0.683 bits per heavy atom. The van der Waals surface area contributed by atoms with Crippen LogP contribution >= 0.6 is 0 Å². The van der Waals surface area contributed by atoms with Gasteiger partial charge in [0.1, 0.15) is 0 Å². The third-order valence-corrected chi connectivity index (χ3v) is 10.3. The number of pyridine rings is 2. The molecule has 0 spiro atoms. The zero-order valence-corrected chi connectivity index (χ0v) is 26.7. The van der Waals surface area contributed by atoms with Gasteiger partial charge >= 0.3 is 250 Å². The zero-order valence-electron chi connectivity index (χ0n) is 25.0. The summed E-state index contributed by atoms with van der Waals surface area (Å²) >= 11 is -0.154. The van der Waals surface area contributed by atoms with E-state index in [1.165, 1.54) is 89.0 Å². The molecule has 0 aliphatic rings. The van der Waals surface area contributed by atoms with E-state index >= 15 is 0 Å². The second kappa shape index (κ2) is 10.5. The van der Waals surface area contributed by atoms with Gasteiger partial charge < -0.3 is 0 Å². The van der Waals surface area contributed by atoms with Crippen molar-refractivity contribution in [2.24, 2.45) is 0 Å². The van der Waals surface area contributed by atoms with Gasteiger partial charge in [0.15, 0.2) is 0 Å². The molecule has 0 N–H and O–H groups in total. The summed E-state index contributed by atoms with van der Waals surface area (Å²) in [6.45, 7) is 18.0. The van der Waals surface area contributed by atoms with E-state index in [0.29, 0.717) is 0 Å². The van der Waals surface area contributed by atoms with Crippen molar-refractivity contribution in [1.29, 1.82) is 0 Å². The van der Waals surface area contributed by atoms with Gasteiger partial charge in [0.25, 0.3) is 0 Å². The monoisotopic (exact) mass is 602 g/mol. The third-order valence-electron chi connectivity index (χ3n) is 9.14. The maximum absolute atomic E-state index is 5.03. The number of benzene rings is 3. The number of nitrogens with zero attached hydrogens (tertiary/aromatic N) is 4. The van der Waals surface area contributed by atoms with Crippen LogP contribution in [-0.2, 0) is 0 Å². The van der Waals surface area contributed by atoms with Crippen LogP contribution in [0.2, 0.25) is 0 Å². The van der Waals surface area contributed by atoms with Crippen LogP contribution in [0.15, 0.2) is 61.2 Å². The summed E-state index contributed by atoms with van der Waals surface area (Å²) in [5.41, 5.74) is 22.4.